The van der Waals surface area contributed by atoms with Gasteiger partial charge in [-0.3, -0.25) is 4.90 Å². The van der Waals surface area contributed by atoms with E-state index < -0.39 is 0 Å². The van der Waals surface area contributed by atoms with E-state index in [0.717, 1.165) is 30.8 Å². The molecule has 0 amide bonds. The lowest BCUT2D eigenvalue weighted by Crippen LogP contribution is -2.45. The van der Waals surface area contributed by atoms with E-state index >= 15 is 0 Å². The molecule has 0 radical (unpaired) electrons. The molecule has 2 rings (SSSR count). The topological polar surface area (TPSA) is 28.2 Å². The van der Waals surface area contributed by atoms with E-state index in [1.54, 1.807) is 0 Å². The van der Waals surface area contributed by atoms with Crippen molar-refractivity contribution in [2.24, 2.45) is 5.92 Å². The molecule has 0 spiro atoms. The number of nitrogens with one attached hydrogen (secondary N) is 1. The summed E-state index contributed by atoms with van der Waals surface area (Å²) in [5.41, 5.74) is 1.34. The quantitative estimate of drug-likeness (QED) is 0.867. The van der Waals surface area contributed by atoms with Gasteiger partial charge in [0.25, 0.3) is 0 Å². The van der Waals surface area contributed by atoms with Gasteiger partial charge in [-0.15, -0.1) is 0 Å². The van der Waals surface area contributed by atoms with Gasteiger partial charge in [0.05, 0.1) is 0 Å². The van der Waals surface area contributed by atoms with Crippen molar-refractivity contribution >= 4 is 15.9 Å². The van der Waals surface area contributed by atoms with Gasteiger partial charge in [0.1, 0.15) is 4.60 Å². The van der Waals surface area contributed by atoms with Gasteiger partial charge in [-0.2, -0.15) is 0 Å². The zero-order valence-corrected chi connectivity index (χ0v) is 12.8. The fourth-order valence-electron chi connectivity index (χ4n) is 2.52. The third kappa shape index (κ3) is 3.77. The first-order chi connectivity index (χ1) is 8.66. The summed E-state index contributed by atoms with van der Waals surface area (Å²) in [4.78, 5) is 6.96. The molecule has 100 valence electrons. The number of halogens is 1. The molecule has 1 aromatic rings. The second-order valence-electron chi connectivity index (χ2n) is 5.35. The first-order valence-electron chi connectivity index (χ1n) is 6.73. The highest BCUT2D eigenvalue weighted by Gasteiger charge is 2.23. The second-order valence-corrected chi connectivity index (χ2v) is 6.16. The maximum absolute atomic E-state index is 4.38. The van der Waals surface area contributed by atoms with Crippen molar-refractivity contribution in [3.05, 3.63) is 28.5 Å². The summed E-state index contributed by atoms with van der Waals surface area (Å²) in [6.45, 7) is 9.04. The Hall–Kier alpha value is -0.450. The minimum Gasteiger partial charge on any atom is -0.314 e. The van der Waals surface area contributed by atoms with Crippen molar-refractivity contribution < 1.29 is 0 Å². The number of aromatic nitrogens is 1. The van der Waals surface area contributed by atoms with E-state index in [2.05, 4.69) is 51.0 Å². The molecule has 3 nitrogen and oxygen atoms in total. The smallest absolute Gasteiger partial charge is 0.106 e. The molecule has 18 heavy (non-hydrogen) atoms. The normalized spacial score (nSPS) is 19.1. The molecule has 0 aliphatic carbocycles. The van der Waals surface area contributed by atoms with Gasteiger partial charge in [-0.25, -0.2) is 4.98 Å². The highest BCUT2D eigenvalue weighted by molar-refractivity contribution is 9.10. The van der Waals surface area contributed by atoms with Crippen LogP contribution in [0.4, 0.5) is 0 Å². The van der Waals surface area contributed by atoms with E-state index in [1.807, 2.05) is 12.3 Å². The van der Waals surface area contributed by atoms with Crippen molar-refractivity contribution in [3.8, 4) is 0 Å². The molecule has 2 heterocycles. The number of hydrogen-bond donors (Lipinski definition) is 1. The molecule has 1 saturated heterocycles. The average Bonchev–Trinajstić information content (AvgIpc) is 2.38. The average molecular weight is 312 g/mol. The molecule has 4 heteroatoms. The van der Waals surface area contributed by atoms with Gasteiger partial charge in [-0.1, -0.05) is 19.9 Å². The van der Waals surface area contributed by atoms with Crippen molar-refractivity contribution in [2.45, 2.75) is 26.3 Å². The summed E-state index contributed by atoms with van der Waals surface area (Å²) in [7, 11) is 0. The molecule has 1 N–H and O–H groups in total. The lowest BCUT2D eigenvalue weighted by Gasteiger charge is -2.36. The number of pyridine rings is 1. The number of hydrogen-bond acceptors (Lipinski definition) is 3. The van der Waals surface area contributed by atoms with Gasteiger partial charge < -0.3 is 5.32 Å². The Balaban J connectivity index is 2.15. The van der Waals surface area contributed by atoms with Crippen LogP contribution in [0.3, 0.4) is 0 Å². The molecule has 1 aromatic heterocycles. The van der Waals surface area contributed by atoms with Crippen LogP contribution in [0.15, 0.2) is 22.9 Å². The zero-order chi connectivity index (χ0) is 13.0. The maximum Gasteiger partial charge on any atom is 0.106 e. The predicted octanol–water partition coefficient (Wildman–Crippen LogP) is 2.84. The van der Waals surface area contributed by atoms with Crippen molar-refractivity contribution in [1.29, 1.82) is 0 Å². The van der Waals surface area contributed by atoms with Crippen LogP contribution in [0, 0.1) is 5.92 Å². The van der Waals surface area contributed by atoms with Crippen LogP contribution in [-0.2, 0) is 0 Å². The van der Waals surface area contributed by atoms with Crippen LogP contribution >= 0.6 is 15.9 Å². The number of nitrogens with zero attached hydrogens (tertiary/aromatic N) is 2. The molecule has 1 fully saturated rings. The van der Waals surface area contributed by atoms with E-state index in [1.165, 1.54) is 12.0 Å². The Morgan fingerprint density at radius 2 is 2.06 bits per heavy atom. The lowest BCUT2D eigenvalue weighted by atomic mass is 9.96. The van der Waals surface area contributed by atoms with E-state index in [0.29, 0.717) is 12.0 Å². The molecular weight excluding hydrogens is 290 g/mol. The van der Waals surface area contributed by atoms with E-state index in [9.17, 15) is 0 Å². The highest BCUT2D eigenvalue weighted by atomic mass is 79.9. The Morgan fingerprint density at radius 1 is 1.33 bits per heavy atom. The highest BCUT2D eigenvalue weighted by Crippen LogP contribution is 2.28. The van der Waals surface area contributed by atoms with Crippen molar-refractivity contribution in [2.75, 3.05) is 26.2 Å². The Morgan fingerprint density at radius 3 is 2.61 bits per heavy atom. The third-order valence-corrected chi connectivity index (χ3v) is 3.89. The van der Waals surface area contributed by atoms with Gasteiger partial charge in [0, 0.05) is 38.4 Å². The summed E-state index contributed by atoms with van der Waals surface area (Å²) < 4.78 is 0.912. The molecule has 1 aliphatic heterocycles. The Bertz CT molecular complexity index is 358. The summed E-state index contributed by atoms with van der Waals surface area (Å²) in [5.74, 6) is 0.702. The molecule has 0 bridgehead atoms. The first kappa shape index (κ1) is 14.0. The minimum atomic E-state index is 0.507. The summed E-state index contributed by atoms with van der Waals surface area (Å²) in [6, 6.07) is 4.75. The second kappa shape index (κ2) is 6.64. The number of piperazine rings is 1. The van der Waals surface area contributed by atoms with Gasteiger partial charge >= 0.3 is 0 Å². The van der Waals surface area contributed by atoms with Crippen LogP contribution in [0.2, 0.25) is 0 Å². The van der Waals surface area contributed by atoms with Crippen LogP contribution in [-0.4, -0.2) is 36.1 Å². The fraction of sp³-hybridized carbons (Fsp3) is 0.643. The molecular formula is C14H22BrN3. The van der Waals surface area contributed by atoms with Gasteiger partial charge in [-0.05, 0) is 39.9 Å². The first-order valence-corrected chi connectivity index (χ1v) is 7.52. The van der Waals surface area contributed by atoms with E-state index in [-0.39, 0.29) is 0 Å². The molecule has 1 aliphatic rings. The van der Waals surface area contributed by atoms with Crippen LogP contribution < -0.4 is 5.32 Å². The summed E-state index contributed by atoms with van der Waals surface area (Å²) >= 11 is 3.41. The molecule has 0 aromatic carbocycles. The molecule has 0 unspecified atom stereocenters. The fourth-order valence-corrected chi connectivity index (χ4v) is 2.76. The van der Waals surface area contributed by atoms with Crippen LogP contribution in [0.5, 0.6) is 0 Å². The Labute approximate surface area is 118 Å². The predicted molar refractivity (Wildman–Crippen MR) is 78.6 cm³/mol. The standard InChI is InChI=1S/C14H22BrN3/c1-11(2)9-13(18-7-5-16-6-8-18)12-3-4-14(15)17-10-12/h3-4,10-11,13,16H,5-9H2,1-2H3/t13-/m1/s1. The Kier molecular flexibility index (Phi) is 5.15. The summed E-state index contributed by atoms with van der Waals surface area (Å²) in [6.07, 6.45) is 3.21. The molecule has 1 atom stereocenters. The van der Waals surface area contributed by atoms with Gasteiger partial charge in [0.15, 0.2) is 0 Å². The SMILES string of the molecule is CC(C)C[C@H](c1ccc(Br)nc1)N1CCNCC1. The van der Waals surface area contributed by atoms with E-state index in [4.69, 9.17) is 0 Å². The summed E-state index contributed by atoms with van der Waals surface area (Å²) in [5, 5.41) is 3.42. The molecule has 0 saturated carbocycles. The third-order valence-electron chi connectivity index (χ3n) is 3.42. The van der Waals surface area contributed by atoms with Crippen LogP contribution in [0.1, 0.15) is 31.9 Å². The van der Waals surface area contributed by atoms with Crippen LogP contribution in [0.25, 0.3) is 0 Å². The zero-order valence-electron chi connectivity index (χ0n) is 11.2. The van der Waals surface area contributed by atoms with Gasteiger partial charge in [0.2, 0.25) is 0 Å². The van der Waals surface area contributed by atoms with Crippen molar-refractivity contribution in [3.63, 3.8) is 0 Å². The lowest BCUT2D eigenvalue weighted by molar-refractivity contribution is 0.154. The minimum absolute atomic E-state index is 0.507. The number of rotatable bonds is 4. The maximum atomic E-state index is 4.38. The van der Waals surface area contributed by atoms with Crippen molar-refractivity contribution in [1.82, 2.24) is 15.2 Å². The monoisotopic (exact) mass is 311 g/mol. The largest absolute Gasteiger partial charge is 0.314 e.